The zero-order valence-electron chi connectivity index (χ0n) is 12.9. The number of hydrogen-bond donors (Lipinski definition) is 0. The maximum atomic E-state index is 12.0. The molecule has 7 nitrogen and oxygen atoms in total. The fourth-order valence-electron chi connectivity index (χ4n) is 1.99. The second-order valence-corrected chi connectivity index (χ2v) is 4.76. The third-order valence-electron chi connectivity index (χ3n) is 3.18. The Balaban J connectivity index is 2.03. The van der Waals surface area contributed by atoms with Crippen LogP contribution in [-0.2, 0) is 16.1 Å². The Kier molecular flexibility index (Phi) is 5.62. The van der Waals surface area contributed by atoms with Gasteiger partial charge in [-0.3, -0.25) is 10.1 Å². The summed E-state index contributed by atoms with van der Waals surface area (Å²) in [5, 5.41) is 10.9. The molecule has 0 aromatic heterocycles. The quantitative estimate of drug-likeness (QED) is 0.459. The first-order chi connectivity index (χ1) is 11.5. The molecule has 0 aliphatic heterocycles. The van der Waals surface area contributed by atoms with Gasteiger partial charge >= 0.3 is 11.9 Å². The minimum atomic E-state index is -0.636. The topological polar surface area (TPSA) is 95.7 Å². The van der Waals surface area contributed by atoms with E-state index in [4.69, 9.17) is 9.47 Å². The zero-order chi connectivity index (χ0) is 17.5. The predicted octanol–water partition coefficient (Wildman–Crippen LogP) is 3.13. The Hall–Kier alpha value is -3.22. The van der Waals surface area contributed by atoms with E-state index < -0.39 is 16.9 Å². The Bertz CT molecular complexity index is 754. The summed E-state index contributed by atoms with van der Waals surface area (Å²) >= 11 is 0. The molecule has 0 aliphatic rings. The summed E-state index contributed by atoms with van der Waals surface area (Å²) in [4.78, 5) is 33.9. The number of carbonyl (C=O) groups is 2. The van der Waals surface area contributed by atoms with E-state index in [0.29, 0.717) is 11.1 Å². The molecule has 2 aromatic carbocycles. The Labute approximate surface area is 138 Å². The standard InChI is InChI=1S/C17H15NO6/c1-2-23-16(19)12-7-9-13(10-8-12)17(20)24-11-14-5-3-4-6-15(14)18(21)22/h3-10H,2,11H2,1H3. The van der Waals surface area contributed by atoms with Crippen molar-refractivity contribution in [3.63, 3.8) is 0 Å². The van der Waals surface area contributed by atoms with Gasteiger partial charge in [0, 0.05) is 6.07 Å². The van der Waals surface area contributed by atoms with E-state index in [1.165, 1.54) is 42.5 Å². The highest BCUT2D eigenvalue weighted by Gasteiger charge is 2.15. The van der Waals surface area contributed by atoms with Crippen molar-refractivity contribution in [1.82, 2.24) is 0 Å². The summed E-state index contributed by atoms with van der Waals surface area (Å²) in [7, 11) is 0. The maximum absolute atomic E-state index is 12.0. The number of nitro benzene ring substituents is 1. The van der Waals surface area contributed by atoms with Crippen LogP contribution in [0, 0.1) is 10.1 Å². The first-order valence-corrected chi connectivity index (χ1v) is 7.19. The minimum Gasteiger partial charge on any atom is -0.462 e. The molecule has 2 aromatic rings. The molecule has 0 fully saturated rings. The molecule has 2 rings (SSSR count). The van der Waals surface area contributed by atoms with Crippen molar-refractivity contribution < 1.29 is 24.0 Å². The van der Waals surface area contributed by atoms with E-state index in [2.05, 4.69) is 0 Å². The van der Waals surface area contributed by atoms with Crippen LogP contribution in [0.3, 0.4) is 0 Å². The third kappa shape index (κ3) is 4.16. The summed E-state index contributed by atoms with van der Waals surface area (Å²) in [6.07, 6.45) is 0. The first-order valence-electron chi connectivity index (χ1n) is 7.19. The van der Waals surface area contributed by atoms with Gasteiger partial charge < -0.3 is 9.47 Å². The molecule has 7 heteroatoms. The molecule has 0 amide bonds. The predicted molar refractivity (Wildman–Crippen MR) is 84.6 cm³/mol. The van der Waals surface area contributed by atoms with Crippen LogP contribution in [0.2, 0.25) is 0 Å². The molecule has 0 saturated heterocycles. The highest BCUT2D eigenvalue weighted by atomic mass is 16.6. The SMILES string of the molecule is CCOC(=O)c1ccc(C(=O)OCc2ccccc2[N+](=O)[O-])cc1. The fourth-order valence-corrected chi connectivity index (χ4v) is 1.99. The van der Waals surface area contributed by atoms with Crippen LogP contribution in [0.4, 0.5) is 5.69 Å². The molecule has 0 saturated carbocycles. The lowest BCUT2D eigenvalue weighted by Gasteiger charge is -2.06. The van der Waals surface area contributed by atoms with Gasteiger partial charge in [0.15, 0.2) is 0 Å². The van der Waals surface area contributed by atoms with Crippen LogP contribution >= 0.6 is 0 Å². The first kappa shape index (κ1) is 17.1. The molecule has 24 heavy (non-hydrogen) atoms. The zero-order valence-corrected chi connectivity index (χ0v) is 12.9. The largest absolute Gasteiger partial charge is 0.462 e. The monoisotopic (exact) mass is 329 g/mol. The van der Waals surface area contributed by atoms with Gasteiger partial charge in [-0.15, -0.1) is 0 Å². The molecular weight excluding hydrogens is 314 g/mol. The second kappa shape index (κ2) is 7.87. The molecule has 0 aliphatic carbocycles. The Morgan fingerprint density at radius 3 is 2.04 bits per heavy atom. The maximum Gasteiger partial charge on any atom is 0.338 e. The van der Waals surface area contributed by atoms with Crippen molar-refractivity contribution in [3.05, 3.63) is 75.3 Å². The van der Waals surface area contributed by atoms with Gasteiger partial charge in [0.05, 0.1) is 28.2 Å². The van der Waals surface area contributed by atoms with Gasteiger partial charge in [0.1, 0.15) is 6.61 Å². The van der Waals surface area contributed by atoms with Crippen molar-refractivity contribution >= 4 is 17.6 Å². The van der Waals surface area contributed by atoms with Crippen molar-refractivity contribution in [2.45, 2.75) is 13.5 Å². The number of benzene rings is 2. The van der Waals surface area contributed by atoms with Crippen LogP contribution in [0.5, 0.6) is 0 Å². The van der Waals surface area contributed by atoms with E-state index in [1.54, 1.807) is 13.0 Å². The Morgan fingerprint density at radius 1 is 0.958 bits per heavy atom. The highest BCUT2D eigenvalue weighted by Crippen LogP contribution is 2.19. The van der Waals surface area contributed by atoms with Crippen LogP contribution < -0.4 is 0 Å². The number of para-hydroxylation sites is 1. The highest BCUT2D eigenvalue weighted by molar-refractivity contribution is 5.93. The summed E-state index contributed by atoms with van der Waals surface area (Å²) in [6.45, 7) is 1.75. The lowest BCUT2D eigenvalue weighted by atomic mass is 10.1. The van der Waals surface area contributed by atoms with Crippen LogP contribution in [0.25, 0.3) is 0 Å². The molecule has 0 unspecified atom stereocenters. The minimum absolute atomic E-state index is 0.108. The number of ether oxygens (including phenoxy) is 2. The number of nitro groups is 1. The second-order valence-electron chi connectivity index (χ2n) is 4.76. The van der Waals surface area contributed by atoms with E-state index in [-0.39, 0.29) is 24.5 Å². The molecule has 0 radical (unpaired) electrons. The molecule has 0 N–H and O–H groups in total. The number of carbonyl (C=O) groups excluding carboxylic acids is 2. The molecular formula is C17H15NO6. The average Bonchev–Trinajstić information content (AvgIpc) is 2.60. The summed E-state index contributed by atoms with van der Waals surface area (Å²) in [5.41, 5.74) is 0.760. The van der Waals surface area contributed by atoms with E-state index in [0.717, 1.165) is 0 Å². The van der Waals surface area contributed by atoms with Gasteiger partial charge in [-0.2, -0.15) is 0 Å². The summed E-state index contributed by atoms with van der Waals surface area (Å²) in [5.74, 6) is -1.11. The van der Waals surface area contributed by atoms with Crippen LogP contribution in [0.1, 0.15) is 33.2 Å². The van der Waals surface area contributed by atoms with Gasteiger partial charge in [-0.25, -0.2) is 9.59 Å². The number of nitrogens with zero attached hydrogens (tertiary/aromatic N) is 1. The van der Waals surface area contributed by atoms with Crippen LogP contribution in [0.15, 0.2) is 48.5 Å². The lowest BCUT2D eigenvalue weighted by Crippen LogP contribution is -2.08. The smallest absolute Gasteiger partial charge is 0.338 e. The Morgan fingerprint density at radius 2 is 1.50 bits per heavy atom. The number of rotatable bonds is 6. The molecule has 124 valence electrons. The van der Waals surface area contributed by atoms with Crippen molar-refractivity contribution in [2.75, 3.05) is 6.61 Å². The summed E-state index contributed by atoms with van der Waals surface area (Å²) in [6, 6.07) is 11.8. The summed E-state index contributed by atoms with van der Waals surface area (Å²) < 4.78 is 9.94. The molecule has 0 bridgehead atoms. The van der Waals surface area contributed by atoms with Gasteiger partial charge in [-0.05, 0) is 37.3 Å². The van der Waals surface area contributed by atoms with E-state index in [9.17, 15) is 19.7 Å². The van der Waals surface area contributed by atoms with Gasteiger partial charge in [0.25, 0.3) is 5.69 Å². The van der Waals surface area contributed by atoms with E-state index in [1.807, 2.05) is 0 Å². The van der Waals surface area contributed by atoms with Gasteiger partial charge in [-0.1, -0.05) is 12.1 Å². The normalized spacial score (nSPS) is 10.0. The number of hydrogen-bond acceptors (Lipinski definition) is 6. The average molecular weight is 329 g/mol. The van der Waals surface area contributed by atoms with Crippen molar-refractivity contribution in [3.8, 4) is 0 Å². The van der Waals surface area contributed by atoms with Crippen molar-refractivity contribution in [1.29, 1.82) is 0 Å². The van der Waals surface area contributed by atoms with Crippen molar-refractivity contribution in [2.24, 2.45) is 0 Å². The van der Waals surface area contributed by atoms with Gasteiger partial charge in [0.2, 0.25) is 0 Å². The van der Waals surface area contributed by atoms with E-state index >= 15 is 0 Å². The molecule has 0 atom stereocenters. The fraction of sp³-hybridized carbons (Fsp3) is 0.176. The molecule has 0 spiro atoms. The number of esters is 2. The lowest BCUT2D eigenvalue weighted by molar-refractivity contribution is -0.385. The molecule has 0 heterocycles. The van der Waals surface area contributed by atoms with Crippen LogP contribution in [-0.4, -0.2) is 23.5 Å². The third-order valence-corrected chi connectivity index (χ3v) is 3.18.